The van der Waals surface area contributed by atoms with Crippen LogP contribution in [0.4, 0.5) is 5.69 Å². The number of rotatable bonds is 10. The summed E-state index contributed by atoms with van der Waals surface area (Å²) in [6.45, 7) is 4.18. The van der Waals surface area contributed by atoms with E-state index in [-0.39, 0.29) is 12.2 Å². The van der Waals surface area contributed by atoms with Crippen molar-refractivity contribution < 1.29 is 27.4 Å². The Morgan fingerprint density at radius 3 is 2.43 bits per heavy atom. The summed E-state index contributed by atoms with van der Waals surface area (Å²) in [5.41, 5.74) is 1.06. The van der Waals surface area contributed by atoms with E-state index in [1.54, 1.807) is 12.1 Å². The van der Waals surface area contributed by atoms with Crippen LogP contribution in [0.1, 0.15) is 19.4 Å². The van der Waals surface area contributed by atoms with E-state index in [9.17, 15) is 13.2 Å². The molecule has 1 N–H and O–H groups in total. The average molecular weight is 437 g/mol. The van der Waals surface area contributed by atoms with Gasteiger partial charge in [0.1, 0.15) is 23.3 Å². The molecule has 0 heterocycles. The maximum absolute atomic E-state index is 12.8. The molecule has 1 atom stereocenters. The molecule has 0 saturated heterocycles. The molecule has 0 aliphatic carbocycles. The van der Waals surface area contributed by atoms with Gasteiger partial charge in [-0.25, -0.2) is 8.42 Å². The van der Waals surface area contributed by atoms with Crippen LogP contribution in [0.3, 0.4) is 0 Å². The van der Waals surface area contributed by atoms with Gasteiger partial charge in [0.05, 0.1) is 32.8 Å². The Hall–Kier alpha value is -2.94. The van der Waals surface area contributed by atoms with E-state index in [1.165, 1.54) is 27.2 Å². The number of hydrogen-bond donors (Lipinski definition) is 1. The van der Waals surface area contributed by atoms with Gasteiger partial charge in [0, 0.05) is 12.6 Å². The molecular weight excluding hydrogens is 408 g/mol. The molecule has 1 amide bonds. The van der Waals surface area contributed by atoms with Gasteiger partial charge < -0.3 is 19.5 Å². The Labute approximate surface area is 177 Å². The highest BCUT2D eigenvalue weighted by Gasteiger charge is 2.31. The van der Waals surface area contributed by atoms with Crippen molar-refractivity contribution in [2.24, 2.45) is 0 Å². The first-order chi connectivity index (χ1) is 14.2. The number of amides is 1. The topological polar surface area (TPSA) is 94.2 Å². The van der Waals surface area contributed by atoms with Gasteiger partial charge in [0.25, 0.3) is 0 Å². The van der Waals surface area contributed by atoms with Crippen LogP contribution < -0.4 is 23.8 Å². The summed E-state index contributed by atoms with van der Waals surface area (Å²) in [5.74, 6) is 1.01. The zero-order valence-electron chi connectivity index (χ0n) is 17.8. The lowest BCUT2D eigenvalue weighted by atomic mass is 10.2. The van der Waals surface area contributed by atoms with Gasteiger partial charge in [0.15, 0.2) is 0 Å². The predicted octanol–water partition coefficient (Wildman–Crippen LogP) is 2.57. The fourth-order valence-electron chi connectivity index (χ4n) is 3.00. The minimum Gasteiger partial charge on any atom is -0.497 e. The zero-order valence-corrected chi connectivity index (χ0v) is 18.7. The van der Waals surface area contributed by atoms with Gasteiger partial charge in [-0.3, -0.25) is 9.10 Å². The van der Waals surface area contributed by atoms with Crippen molar-refractivity contribution in [2.45, 2.75) is 26.4 Å². The van der Waals surface area contributed by atoms with Gasteiger partial charge in [-0.1, -0.05) is 12.1 Å². The van der Waals surface area contributed by atoms with Crippen LogP contribution in [-0.2, 0) is 21.4 Å². The highest BCUT2D eigenvalue weighted by atomic mass is 32.2. The van der Waals surface area contributed by atoms with Gasteiger partial charge in [-0.05, 0) is 43.7 Å². The van der Waals surface area contributed by atoms with Gasteiger partial charge in [0.2, 0.25) is 15.9 Å². The van der Waals surface area contributed by atoms with Crippen molar-refractivity contribution in [3.63, 3.8) is 0 Å². The van der Waals surface area contributed by atoms with Crippen LogP contribution >= 0.6 is 0 Å². The summed E-state index contributed by atoms with van der Waals surface area (Å²) in [6, 6.07) is 11.1. The summed E-state index contributed by atoms with van der Waals surface area (Å²) < 4.78 is 42.1. The monoisotopic (exact) mass is 436 g/mol. The number of nitrogens with one attached hydrogen (secondary N) is 1. The number of anilines is 1. The van der Waals surface area contributed by atoms with Gasteiger partial charge in [-0.15, -0.1) is 0 Å². The third kappa shape index (κ3) is 5.79. The molecular formula is C21H28N2O6S. The Bertz CT molecular complexity index is 977. The molecule has 2 rings (SSSR count). The molecule has 8 nitrogen and oxygen atoms in total. The first-order valence-electron chi connectivity index (χ1n) is 9.42. The lowest BCUT2D eigenvalue weighted by molar-refractivity contribution is -0.122. The highest BCUT2D eigenvalue weighted by molar-refractivity contribution is 7.92. The van der Waals surface area contributed by atoms with Crippen LogP contribution in [0.15, 0.2) is 42.5 Å². The average Bonchev–Trinajstić information content (AvgIpc) is 2.71. The Morgan fingerprint density at radius 2 is 1.83 bits per heavy atom. The predicted molar refractivity (Wildman–Crippen MR) is 116 cm³/mol. The van der Waals surface area contributed by atoms with Crippen molar-refractivity contribution in [2.75, 3.05) is 31.4 Å². The van der Waals surface area contributed by atoms with Crippen LogP contribution in [0, 0.1) is 0 Å². The highest BCUT2D eigenvalue weighted by Crippen LogP contribution is 2.35. The molecule has 0 spiro atoms. The smallest absolute Gasteiger partial charge is 0.243 e. The number of nitrogens with zero attached hydrogens (tertiary/aromatic N) is 1. The molecule has 2 aromatic rings. The van der Waals surface area contributed by atoms with E-state index in [0.717, 1.165) is 16.1 Å². The van der Waals surface area contributed by atoms with Crippen molar-refractivity contribution in [3.8, 4) is 17.2 Å². The molecule has 9 heteroatoms. The Morgan fingerprint density at radius 1 is 1.10 bits per heavy atom. The van der Waals surface area contributed by atoms with E-state index in [1.807, 2.05) is 31.2 Å². The molecule has 2 aromatic carbocycles. The molecule has 0 bridgehead atoms. The fraction of sp³-hybridized carbons (Fsp3) is 0.381. The molecule has 164 valence electrons. The molecule has 0 radical (unpaired) electrons. The summed E-state index contributed by atoms with van der Waals surface area (Å²) in [7, 11) is -0.892. The number of hydrogen-bond acceptors (Lipinski definition) is 6. The third-order valence-electron chi connectivity index (χ3n) is 4.39. The van der Waals surface area contributed by atoms with Gasteiger partial charge >= 0.3 is 0 Å². The number of carbonyl (C=O) groups is 1. The zero-order chi connectivity index (χ0) is 22.3. The normalized spacial score (nSPS) is 12.0. The number of ether oxygens (including phenoxy) is 3. The molecule has 0 aliphatic rings. The summed E-state index contributed by atoms with van der Waals surface area (Å²) >= 11 is 0. The van der Waals surface area contributed by atoms with Crippen LogP contribution in [-0.4, -0.2) is 47.4 Å². The molecule has 0 fully saturated rings. The summed E-state index contributed by atoms with van der Waals surface area (Å²) in [5, 5.41) is 2.78. The first kappa shape index (κ1) is 23.3. The third-order valence-corrected chi connectivity index (χ3v) is 5.62. The lowest BCUT2D eigenvalue weighted by Crippen LogP contribution is -2.47. The summed E-state index contributed by atoms with van der Waals surface area (Å²) in [4.78, 5) is 12.8. The maximum atomic E-state index is 12.8. The van der Waals surface area contributed by atoms with Crippen LogP contribution in [0.25, 0.3) is 0 Å². The SMILES string of the molecule is CCOc1cccc(CNC(=O)C(C)N(c2cc(OC)ccc2OC)S(C)(=O)=O)c1. The summed E-state index contributed by atoms with van der Waals surface area (Å²) in [6.07, 6.45) is 1.04. The molecule has 1 unspecified atom stereocenters. The number of carbonyl (C=O) groups excluding carboxylic acids is 1. The van der Waals surface area contributed by atoms with E-state index in [0.29, 0.717) is 23.9 Å². The largest absolute Gasteiger partial charge is 0.497 e. The fourth-order valence-corrected chi connectivity index (χ4v) is 4.17. The molecule has 0 saturated carbocycles. The molecule has 30 heavy (non-hydrogen) atoms. The number of methoxy groups -OCH3 is 2. The van der Waals surface area contributed by atoms with Gasteiger partial charge in [-0.2, -0.15) is 0 Å². The van der Waals surface area contributed by atoms with E-state index < -0.39 is 22.0 Å². The lowest BCUT2D eigenvalue weighted by Gasteiger charge is -2.29. The Balaban J connectivity index is 2.27. The molecule has 0 aromatic heterocycles. The molecule has 0 aliphatic heterocycles. The second kappa shape index (κ2) is 10.2. The second-order valence-corrected chi connectivity index (χ2v) is 8.43. The number of sulfonamides is 1. The van der Waals surface area contributed by atoms with Crippen LogP contribution in [0.2, 0.25) is 0 Å². The van der Waals surface area contributed by atoms with Crippen molar-refractivity contribution in [1.82, 2.24) is 5.32 Å². The van der Waals surface area contributed by atoms with Crippen molar-refractivity contribution >= 4 is 21.6 Å². The quantitative estimate of drug-likeness (QED) is 0.615. The van der Waals surface area contributed by atoms with Crippen LogP contribution in [0.5, 0.6) is 17.2 Å². The minimum absolute atomic E-state index is 0.223. The Kier molecular flexibility index (Phi) is 7.93. The van der Waals surface area contributed by atoms with Crippen molar-refractivity contribution in [3.05, 3.63) is 48.0 Å². The second-order valence-electron chi connectivity index (χ2n) is 6.57. The first-order valence-corrected chi connectivity index (χ1v) is 11.3. The van der Waals surface area contributed by atoms with E-state index >= 15 is 0 Å². The van der Waals surface area contributed by atoms with E-state index in [2.05, 4.69) is 5.32 Å². The standard InChI is InChI=1S/C21H28N2O6S/c1-6-29-18-9-7-8-16(12-18)14-22-21(24)15(2)23(30(5,25)26)19-13-17(27-3)10-11-20(19)28-4/h7-13,15H,6,14H2,1-5H3,(H,22,24). The minimum atomic E-state index is -3.80. The number of benzene rings is 2. The van der Waals surface area contributed by atoms with E-state index in [4.69, 9.17) is 14.2 Å². The van der Waals surface area contributed by atoms with Crippen molar-refractivity contribution in [1.29, 1.82) is 0 Å². The maximum Gasteiger partial charge on any atom is 0.243 e.